The van der Waals surface area contributed by atoms with Crippen molar-refractivity contribution < 1.29 is 14.4 Å². The van der Waals surface area contributed by atoms with Crippen LogP contribution in [0.4, 0.5) is 4.79 Å². The minimum atomic E-state index is -0.350. The lowest BCUT2D eigenvalue weighted by atomic mass is 10.0. The number of hydrogen-bond acceptors (Lipinski definition) is 5. The number of thioether (sulfide) groups is 1. The Hall–Kier alpha value is -2.90. The van der Waals surface area contributed by atoms with Crippen LogP contribution in [-0.2, 0) is 9.59 Å². The van der Waals surface area contributed by atoms with E-state index >= 15 is 0 Å². The molecule has 2 aliphatic rings. The fourth-order valence-corrected chi connectivity index (χ4v) is 4.81. The van der Waals surface area contributed by atoms with E-state index in [0.717, 1.165) is 48.8 Å². The van der Waals surface area contributed by atoms with Crippen LogP contribution in [0.25, 0.3) is 6.08 Å². The van der Waals surface area contributed by atoms with Crippen molar-refractivity contribution in [2.75, 3.05) is 26.2 Å². The molecule has 7 heteroatoms. The third-order valence-corrected chi connectivity index (χ3v) is 6.38. The quantitative estimate of drug-likeness (QED) is 0.672. The molecule has 3 amide bonds. The van der Waals surface area contributed by atoms with Crippen LogP contribution in [0.5, 0.6) is 0 Å². The Bertz CT molecular complexity index is 972. The molecule has 0 spiro atoms. The van der Waals surface area contributed by atoms with Crippen LogP contribution in [0, 0.1) is 0 Å². The van der Waals surface area contributed by atoms with E-state index in [9.17, 15) is 14.4 Å². The number of nitrogens with zero attached hydrogens (tertiary/aromatic N) is 2. The molecule has 2 fully saturated rings. The van der Waals surface area contributed by atoms with E-state index in [2.05, 4.69) is 10.2 Å². The number of likely N-dealkylation sites (tertiary alicyclic amines) is 1. The Kier molecular flexibility index (Phi) is 6.84. The topological polar surface area (TPSA) is 69.7 Å². The van der Waals surface area contributed by atoms with E-state index in [1.165, 1.54) is 4.90 Å². The van der Waals surface area contributed by atoms with Crippen LogP contribution in [-0.4, -0.2) is 53.0 Å². The number of carbonyl (C=O) groups excluding carboxylic acids is 3. The van der Waals surface area contributed by atoms with Gasteiger partial charge in [0.05, 0.1) is 4.91 Å². The van der Waals surface area contributed by atoms with Crippen LogP contribution in [0.3, 0.4) is 0 Å². The lowest BCUT2D eigenvalue weighted by molar-refractivity contribution is -0.127. The number of hydrogen-bond donors (Lipinski definition) is 1. The molecule has 1 N–H and O–H groups in total. The Morgan fingerprint density at radius 1 is 1.00 bits per heavy atom. The largest absolute Gasteiger partial charge is 0.353 e. The Labute approximate surface area is 186 Å². The van der Waals surface area contributed by atoms with Crippen LogP contribution in [0.1, 0.15) is 30.0 Å². The highest BCUT2D eigenvalue weighted by Crippen LogP contribution is 2.32. The molecule has 0 radical (unpaired) electrons. The van der Waals surface area contributed by atoms with Gasteiger partial charge in [0.1, 0.15) is 6.04 Å². The predicted octanol–water partition coefficient (Wildman–Crippen LogP) is 3.68. The second-order valence-corrected chi connectivity index (χ2v) is 8.58. The number of amides is 3. The maximum Gasteiger partial charge on any atom is 0.293 e. The Balaban J connectivity index is 1.37. The normalized spacial score (nSPS) is 19.2. The molecule has 4 rings (SSSR count). The standard InChI is InChI=1S/C24H25N3O3S/c28-22(21(26-14-7-8-15-26)19-11-5-2-6-12-19)25-13-16-27-23(29)20(31-24(27)30)17-18-9-3-1-4-10-18/h1-6,9-12,17,21H,7-8,13-16H2,(H,25,28)/b20-17+. The summed E-state index contributed by atoms with van der Waals surface area (Å²) in [5.41, 5.74) is 1.83. The minimum Gasteiger partial charge on any atom is -0.353 e. The maximum atomic E-state index is 13.0. The van der Waals surface area contributed by atoms with Crippen LogP contribution < -0.4 is 5.32 Å². The first-order chi connectivity index (χ1) is 15.1. The van der Waals surface area contributed by atoms with Gasteiger partial charge in [-0.3, -0.25) is 24.2 Å². The van der Waals surface area contributed by atoms with Gasteiger partial charge in [-0.25, -0.2) is 0 Å². The predicted molar refractivity (Wildman–Crippen MR) is 122 cm³/mol. The van der Waals surface area contributed by atoms with Crippen molar-refractivity contribution in [3.05, 3.63) is 76.7 Å². The molecule has 31 heavy (non-hydrogen) atoms. The average Bonchev–Trinajstić information content (AvgIpc) is 3.40. The zero-order valence-electron chi connectivity index (χ0n) is 17.2. The highest BCUT2D eigenvalue weighted by atomic mass is 32.2. The van der Waals surface area contributed by atoms with Gasteiger partial charge in [0.25, 0.3) is 11.1 Å². The van der Waals surface area contributed by atoms with Gasteiger partial charge in [0, 0.05) is 13.1 Å². The van der Waals surface area contributed by atoms with Gasteiger partial charge in [0.15, 0.2) is 0 Å². The van der Waals surface area contributed by atoms with Crippen LogP contribution in [0.15, 0.2) is 65.6 Å². The third kappa shape index (κ3) is 5.06. The number of imide groups is 1. The molecule has 160 valence electrons. The van der Waals surface area contributed by atoms with Gasteiger partial charge in [-0.2, -0.15) is 0 Å². The summed E-state index contributed by atoms with van der Waals surface area (Å²) in [4.78, 5) is 41.8. The molecule has 2 saturated heterocycles. The van der Waals surface area contributed by atoms with Crippen molar-refractivity contribution in [3.63, 3.8) is 0 Å². The molecule has 0 aromatic heterocycles. The fourth-order valence-electron chi connectivity index (χ4n) is 3.94. The van der Waals surface area contributed by atoms with Gasteiger partial charge in [-0.15, -0.1) is 0 Å². The molecule has 1 atom stereocenters. The number of carbonyl (C=O) groups is 3. The van der Waals surface area contributed by atoms with Crippen molar-refractivity contribution in [1.29, 1.82) is 0 Å². The summed E-state index contributed by atoms with van der Waals surface area (Å²) < 4.78 is 0. The van der Waals surface area contributed by atoms with Crippen LogP contribution in [0.2, 0.25) is 0 Å². The second kappa shape index (κ2) is 9.94. The zero-order chi connectivity index (χ0) is 21.6. The average molecular weight is 436 g/mol. The lowest BCUT2D eigenvalue weighted by Crippen LogP contribution is -2.43. The van der Waals surface area contributed by atoms with Gasteiger partial charge in [0.2, 0.25) is 5.91 Å². The summed E-state index contributed by atoms with van der Waals surface area (Å²) in [6.45, 7) is 2.16. The first-order valence-electron chi connectivity index (χ1n) is 10.5. The summed E-state index contributed by atoms with van der Waals surface area (Å²) in [6.07, 6.45) is 3.89. The van der Waals surface area contributed by atoms with Gasteiger partial charge in [-0.1, -0.05) is 60.7 Å². The first-order valence-corrected chi connectivity index (χ1v) is 11.3. The van der Waals surface area contributed by atoms with Gasteiger partial charge in [-0.05, 0) is 54.9 Å². The highest BCUT2D eigenvalue weighted by molar-refractivity contribution is 8.18. The van der Waals surface area contributed by atoms with E-state index in [1.54, 1.807) is 6.08 Å². The number of nitrogens with one attached hydrogen (secondary N) is 1. The summed E-state index contributed by atoms with van der Waals surface area (Å²) in [5.74, 6) is -0.410. The minimum absolute atomic E-state index is 0.0973. The van der Waals surface area contributed by atoms with E-state index in [0.29, 0.717) is 4.91 Å². The molecular weight excluding hydrogens is 410 g/mol. The summed E-state index contributed by atoms with van der Waals surface area (Å²) in [5, 5.41) is 2.63. The molecule has 2 aliphatic heterocycles. The zero-order valence-corrected chi connectivity index (χ0v) is 18.0. The van der Waals surface area contributed by atoms with E-state index in [-0.39, 0.29) is 36.2 Å². The monoisotopic (exact) mass is 435 g/mol. The number of rotatable bonds is 7. The molecular formula is C24H25N3O3S. The summed E-state index contributed by atoms with van der Waals surface area (Å²) in [7, 11) is 0. The molecule has 0 aliphatic carbocycles. The molecule has 2 heterocycles. The van der Waals surface area contributed by atoms with Crippen LogP contribution >= 0.6 is 11.8 Å². The number of benzene rings is 2. The molecule has 2 aromatic carbocycles. The van der Waals surface area contributed by atoms with Crippen molar-refractivity contribution in [2.24, 2.45) is 0 Å². The van der Waals surface area contributed by atoms with E-state index in [4.69, 9.17) is 0 Å². The molecule has 0 saturated carbocycles. The Morgan fingerprint density at radius 3 is 2.32 bits per heavy atom. The fraction of sp³-hybridized carbons (Fsp3) is 0.292. The van der Waals surface area contributed by atoms with Crippen molar-refractivity contribution in [3.8, 4) is 0 Å². The molecule has 0 bridgehead atoms. The SMILES string of the molecule is O=C(NCCN1C(=O)S/C(=C/c2ccccc2)C1=O)C(c1ccccc1)N1CCCC1. The molecule has 6 nitrogen and oxygen atoms in total. The first kappa shape index (κ1) is 21.3. The highest BCUT2D eigenvalue weighted by Gasteiger charge is 2.35. The van der Waals surface area contributed by atoms with E-state index in [1.807, 2.05) is 60.7 Å². The lowest BCUT2D eigenvalue weighted by Gasteiger charge is -2.27. The summed E-state index contributed by atoms with van der Waals surface area (Å²) in [6, 6.07) is 18.8. The summed E-state index contributed by atoms with van der Waals surface area (Å²) >= 11 is 0.937. The second-order valence-electron chi connectivity index (χ2n) is 7.59. The molecule has 2 aromatic rings. The molecule has 1 unspecified atom stereocenters. The van der Waals surface area contributed by atoms with Crippen molar-refractivity contribution >= 4 is 34.9 Å². The van der Waals surface area contributed by atoms with Crippen molar-refractivity contribution in [1.82, 2.24) is 15.1 Å². The Morgan fingerprint density at radius 2 is 1.65 bits per heavy atom. The third-order valence-electron chi connectivity index (χ3n) is 5.48. The van der Waals surface area contributed by atoms with Crippen molar-refractivity contribution in [2.45, 2.75) is 18.9 Å². The maximum absolute atomic E-state index is 13.0. The van der Waals surface area contributed by atoms with Gasteiger partial charge >= 0.3 is 0 Å². The van der Waals surface area contributed by atoms with E-state index < -0.39 is 0 Å². The smallest absolute Gasteiger partial charge is 0.293 e. The van der Waals surface area contributed by atoms with Gasteiger partial charge < -0.3 is 5.32 Å².